The molecule has 0 aromatic carbocycles. The van der Waals surface area contributed by atoms with Crippen molar-refractivity contribution in [3.8, 4) is 0 Å². The highest BCUT2D eigenvalue weighted by Gasteiger charge is 2.33. The molecule has 1 aliphatic rings. The van der Waals surface area contributed by atoms with Crippen LogP contribution in [0.4, 0.5) is 0 Å². The Morgan fingerprint density at radius 3 is 2.30 bits per heavy atom. The summed E-state index contributed by atoms with van der Waals surface area (Å²) in [6.45, 7) is 9.30. The predicted octanol–water partition coefficient (Wildman–Crippen LogP) is 3.16. The van der Waals surface area contributed by atoms with Crippen molar-refractivity contribution in [2.75, 3.05) is 0 Å². The van der Waals surface area contributed by atoms with Gasteiger partial charge in [0.1, 0.15) is 0 Å². The van der Waals surface area contributed by atoms with E-state index in [2.05, 4.69) is 34.1 Å². The lowest BCUT2D eigenvalue weighted by molar-refractivity contribution is 0.154. The average molecular weight is 138 g/mol. The zero-order valence-electron chi connectivity index (χ0n) is 7.57. The first-order chi connectivity index (χ1) is 4.54. The fourth-order valence-electron chi connectivity index (χ4n) is 1.74. The minimum Gasteiger partial charge on any atom is -0.0622 e. The molecule has 0 aliphatic heterocycles. The van der Waals surface area contributed by atoms with Crippen molar-refractivity contribution in [3.05, 3.63) is 6.42 Å². The molecule has 58 valence electrons. The maximum Gasteiger partial charge on any atom is -0.0109 e. The summed E-state index contributed by atoms with van der Waals surface area (Å²) in [5.74, 6) is 1.69. The van der Waals surface area contributed by atoms with Gasteiger partial charge in [0.05, 0.1) is 0 Å². The Morgan fingerprint density at radius 1 is 1.30 bits per heavy atom. The molecule has 1 aliphatic carbocycles. The molecule has 1 rings (SSSR count). The van der Waals surface area contributed by atoms with E-state index in [1.54, 1.807) is 0 Å². The van der Waals surface area contributed by atoms with Crippen LogP contribution in [0.5, 0.6) is 0 Å². The second-order valence-corrected chi connectivity index (χ2v) is 4.20. The van der Waals surface area contributed by atoms with Gasteiger partial charge in [0.2, 0.25) is 0 Å². The molecule has 0 heteroatoms. The van der Waals surface area contributed by atoms with Gasteiger partial charge in [-0.2, -0.15) is 0 Å². The molecule has 0 amide bonds. The van der Waals surface area contributed by atoms with Gasteiger partial charge in [-0.05, 0) is 36.5 Å². The first-order valence-electron chi connectivity index (χ1n) is 4.29. The highest BCUT2D eigenvalue weighted by atomic mass is 14.4. The lowest BCUT2D eigenvalue weighted by Gasteiger charge is -2.40. The summed E-state index contributed by atoms with van der Waals surface area (Å²) in [6.07, 6.45) is 6.07. The standard InChI is InChI=1S/C10H18/c1-8-6-5-7-10(3,4)9(8)2/h8-9H,5-6H2,1-4H3. The molecular weight excluding hydrogens is 120 g/mol. The summed E-state index contributed by atoms with van der Waals surface area (Å²) in [4.78, 5) is 0. The normalized spacial score (nSPS) is 39.6. The number of hydrogen-bond acceptors (Lipinski definition) is 0. The van der Waals surface area contributed by atoms with E-state index in [1.807, 2.05) is 0 Å². The number of rotatable bonds is 0. The van der Waals surface area contributed by atoms with E-state index >= 15 is 0 Å². The Hall–Kier alpha value is 0. The second kappa shape index (κ2) is 2.56. The number of hydrogen-bond donors (Lipinski definition) is 0. The molecule has 0 N–H and O–H groups in total. The van der Waals surface area contributed by atoms with Gasteiger partial charge < -0.3 is 0 Å². The Kier molecular flexibility index (Phi) is 2.07. The zero-order chi connectivity index (χ0) is 7.78. The topological polar surface area (TPSA) is 0 Å². The fraction of sp³-hybridized carbons (Fsp3) is 0.900. The minimum atomic E-state index is 0.359. The maximum atomic E-state index is 3.54. The van der Waals surface area contributed by atoms with Crippen LogP contribution in [0, 0.1) is 23.7 Å². The van der Waals surface area contributed by atoms with Crippen LogP contribution in [0.3, 0.4) is 0 Å². The van der Waals surface area contributed by atoms with Crippen molar-refractivity contribution >= 4 is 0 Å². The molecule has 1 fully saturated rings. The van der Waals surface area contributed by atoms with E-state index in [0.29, 0.717) is 5.41 Å². The van der Waals surface area contributed by atoms with Gasteiger partial charge >= 0.3 is 0 Å². The molecular formula is C10H18. The smallest absolute Gasteiger partial charge is 0.0109 e. The quantitative estimate of drug-likeness (QED) is 0.482. The summed E-state index contributed by atoms with van der Waals surface area (Å²) >= 11 is 0. The molecule has 10 heavy (non-hydrogen) atoms. The van der Waals surface area contributed by atoms with Crippen molar-refractivity contribution in [2.24, 2.45) is 17.3 Å². The monoisotopic (exact) mass is 138 g/mol. The van der Waals surface area contributed by atoms with E-state index in [9.17, 15) is 0 Å². The third kappa shape index (κ3) is 1.36. The highest BCUT2D eigenvalue weighted by Crippen LogP contribution is 2.42. The first-order valence-corrected chi connectivity index (χ1v) is 4.29. The molecule has 0 nitrogen and oxygen atoms in total. The third-order valence-corrected chi connectivity index (χ3v) is 3.17. The summed E-state index contributed by atoms with van der Waals surface area (Å²) < 4.78 is 0. The molecule has 2 unspecified atom stereocenters. The Balaban J connectivity index is 2.60. The van der Waals surface area contributed by atoms with Gasteiger partial charge in [0.15, 0.2) is 0 Å². The minimum absolute atomic E-state index is 0.359. The first kappa shape index (κ1) is 8.10. The summed E-state index contributed by atoms with van der Waals surface area (Å²) in [5.41, 5.74) is 0.359. The lowest BCUT2D eigenvalue weighted by atomic mass is 9.65. The van der Waals surface area contributed by atoms with Gasteiger partial charge in [-0.25, -0.2) is 0 Å². The van der Waals surface area contributed by atoms with Crippen LogP contribution in [0.2, 0.25) is 0 Å². The van der Waals surface area contributed by atoms with Gasteiger partial charge in [-0.15, -0.1) is 0 Å². The van der Waals surface area contributed by atoms with Gasteiger partial charge in [0, 0.05) is 0 Å². The SMILES string of the molecule is CC1CC[C]C(C)(C)C1C. The molecule has 0 aromatic heterocycles. The van der Waals surface area contributed by atoms with Crippen LogP contribution in [0.1, 0.15) is 40.5 Å². The predicted molar refractivity (Wildman–Crippen MR) is 44.6 cm³/mol. The van der Waals surface area contributed by atoms with E-state index in [1.165, 1.54) is 12.8 Å². The van der Waals surface area contributed by atoms with Gasteiger partial charge in [-0.3, -0.25) is 0 Å². The average Bonchev–Trinajstić information content (AvgIpc) is 1.83. The lowest BCUT2D eigenvalue weighted by Crippen LogP contribution is -2.31. The van der Waals surface area contributed by atoms with Gasteiger partial charge in [-0.1, -0.05) is 27.7 Å². The second-order valence-electron chi connectivity index (χ2n) is 4.20. The van der Waals surface area contributed by atoms with Crippen molar-refractivity contribution in [3.63, 3.8) is 0 Å². The van der Waals surface area contributed by atoms with Crippen molar-refractivity contribution < 1.29 is 0 Å². The molecule has 0 bridgehead atoms. The van der Waals surface area contributed by atoms with Crippen molar-refractivity contribution in [2.45, 2.75) is 40.5 Å². The Labute approximate surface area is 65.0 Å². The molecule has 0 aromatic rings. The van der Waals surface area contributed by atoms with Gasteiger partial charge in [0.25, 0.3) is 0 Å². The maximum absolute atomic E-state index is 3.54. The Morgan fingerprint density at radius 2 is 1.90 bits per heavy atom. The third-order valence-electron chi connectivity index (χ3n) is 3.17. The molecule has 2 radical (unpaired) electrons. The van der Waals surface area contributed by atoms with Crippen LogP contribution >= 0.6 is 0 Å². The van der Waals surface area contributed by atoms with E-state index in [0.717, 1.165) is 11.8 Å². The summed E-state index contributed by atoms with van der Waals surface area (Å²) in [5, 5.41) is 0. The van der Waals surface area contributed by atoms with Crippen molar-refractivity contribution in [1.29, 1.82) is 0 Å². The summed E-state index contributed by atoms with van der Waals surface area (Å²) in [6, 6.07) is 0. The molecule has 1 saturated carbocycles. The Bertz CT molecular complexity index is 113. The molecule has 2 atom stereocenters. The van der Waals surface area contributed by atoms with Crippen molar-refractivity contribution in [1.82, 2.24) is 0 Å². The largest absolute Gasteiger partial charge is 0.0622 e. The van der Waals surface area contributed by atoms with Crippen LogP contribution < -0.4 is 0 Å². The van der Waals surface area contributed by atoms with Crippen LogP contribution in [0.25, 0.3) is 0 Å². The van der Waals surface area contributed by atoms with E-state index in [4.69, 9.17) is 0 Å². The van der Waals surface area contributed by atoms with E-state index in [-0.39, 0.29) is 0 Å². The van der Waals surface area contributed by atoms with Crippen LogP contribution in [-0.2, 0) is 0 Å². The zero-order valence-corrected chi connectivity index (χ0v) is 7.57. The fourth-order valence-corrected chi connectivity index (χ4v) is 1.74. The van der Waals surface area contributed by atoms with Crippen LogP contribution in [-0.4, -0.2) is 0 Å². The van der Waals surface area contributed by atoms with Crippen LogP contribution in [0.15, 0.2) is 0 Å². The summed E-state index contributed by atoms with van der Waals surface area (Å²) in [7, 11) is 0. The van der Waals surface area contributed by atoms with E-state index < -0.39 is 0 Å². The molecule has 0 saturated heterocycles. The molecule has 0 heterocycles. The molecule has 0 spiro atoms. The highest BCUT2D eigenvalue weighted by molar-refractivity contribution is 4.95.